The summed E-state index contributed by atoms with van der Waals surface area (Å²) < 4.78 is 27.7. The number of thiophene rings is 2. The maximum absolute atomic E-state index is 12.9. The Labute approximate surface area is 180 Å². The third-order valence-electron chi connectivity index (χ3n) is 4.80. The molecule has 0 fully saturated rings. The van der Waals surface area contributed by atoms with E-state index < -0.39 is 10.0 Å². The highest BCUT2D eigenvalue weighted by Crippen LogP contribution is 2.39. The second kappa shape index (κ2) is 7.33. The van der Waals surface area contributed by atoms with Crippen LogP contribution in [0.3, 0.4) is 0 Å². The Bertz CT molecular complexity index is 1290. The Morgan fingerprint density at radius 1 is 1.14 bits per heavy atom. The standard InChI is InChI=1S/C19H15ClN4O2S3/c20-12-3-5-13(6-4-12)23-18-17-14-7-8-24(29(25,26)16-2-1-9-27-16)10-15(14)28-19(17)22-11-21-18/h1-6,9,11H,7-8,10H2,(H,21,22,23). The third kappa shape index (κ3) is 3.43. The van der Waals surface area contributed by atoms with Gasteiger partial charge < -0.3 is 5.32 Å². The molecule has 0 unspecified atom stereocenters. The van der Waals surface area contributed by atoms with E-state index in [1.165, 1.54) is 29.0 Å². The lowest BCUT2D eigenvalue weighted by atomic mass is 10.1. The molecule has 0 aliphatic carbocycles. The Balaban J connectivity index is 1.51. The van der Waals surface area contributed by atoms with E-state index in [0.29, 0.717) is 28.7 Å². The summed E-state index contributed by atoms with van der Waals surface area (Å²) in [5.41, 5.74) is 2.01. The number of rotatable bonds is 4. The molecule has 0 bridgehead atoms. The van der Waals surface area contributed by atoms with Gasteiger partial charge in [0.25, 0.3) is 10.0 Å². The van der Waals surface area contributed by atoms with Crippen LogP contribution in [0.1, 0.15) is 10.4 Å². The molecule has 29 heavy (non-hydrogen) atoms. The van der Waals surface area contributed by atoms with E-state index in [9.17, 15) is 8.42 Å². The predicted octanol–water partition coefficient (Wildman–Crippen LogP) is 4.90. The minimum absolute atomic E-state index is 0.358. The molecule has 0 saturated carbocycles. The topological polar surface area (TPSA) is 75.2 Å². The molecule has 3 aromatic heterocycles. The molecule has 6 nitrogen and oxygen atoms in total. The fourth-order valence-electron chi connectivity index (χ4n) is 3.41. The minimum atomic E-state index is -3.47. The molecule has 0 atom stereocenters. The summed E-state index contributed by atoms with van der Waals surface area (Å²) >= 11 is 8.75. The SMILES string of the molecule is O=S(=O)(c1cccs1)N1CCc2c(sc3ncnc(Nc4ccc(Cl)cc4)c23)C1. The van der Waals surface area contributed by atoms with Gasteiger partial charge in [-0.2, -0.15) is 4.31 Å². The average molecular weight is 463 g/mol. The third-order valence-corrected chi connectivity index (χ3v) is 9.39. The van der Waals surface area contributed by atoms with Gasteiger partial charge in [0.1, 0.15) is 21.2 Å². The lowest BCUT2D eigenvalue weighted by Gasteiger charge is -2.25. The summed E-state index contributed by atoms with van der Waals surface area (Å²) in [6.45, 7) is 0.797. The van der Waals surface area contributed by atoms with Crippen LogP contribution in [0.4, 0.5) is 11.5 Å². The normalized spacial score (nSPS) is 14.8. The van der Waals surface area contributed by atoms with E-state index in [1.54, 1.807) is 21.8 Å². The molecule has 4 aromatic rings. The summed E-state index contributed by atoms with van der Waals surface area (Å²) in [4.78, 5) is 10.7. The molecular weight excluding hydrogens is 448 g/mol. The number of anilines is 2. The maximum atomic E-state index is 12.9. The van der Waals surface area contributed by atoms with Crippen molar-refractivity contribution in [3.8, 4) is 0 Å². The largest absolute Gasteiger partial charge is 0.340 e. The molecule has 148 valence electrons. The number of aromatic nitrogens is 2. The van der Waals surface area contributed by atoms with Gasteiger partial charge in [0.05, 0.1) is 5.39 Å². The first-order valence-corrected chi connectivity index (χ1v) is 12.4. The number of hydrogen-bond acceptors (Lipinski definition) is 7. The minimum Gasteiger partial charge on any atom is -0.340 e. The fourth-order valence-corrected chi connectivity index (χ4v) is 7.38. The second-order valence-electron chi connectivity index (χ2n) is 6.56. The number of benzene rings is 1. The number of hydrogen-bond donors (Lipinski definition) is 1. The van der Waals surface area contributed by atoms with Crippen LogP contribution in [-0.4, -0.2) is 29.2 Å². The van der Waals surface area contributed by atoms with E-state index in [4.69, 9.17) is 11.6 Å². The number of sulfonamides is 1. The summed E-state index contributed by atoms with van der Waals surface area (Å²) in [6, 6.07) is 10.8. The maximum Gasteiger partial charge on any atom is 0.252 e. The van der Waals surface area contributed by atoms with Crippen LogP contribution in [0.2, 0.25) is 5.02 Å². The molecule has 1 aliphatic rings. The predicted molar refractivity (Wildman–Crippen MR) is 118 cm³/mol. The molecule has 1 aliphatic heterocycles. The van der Waals surface area contributed by atoms with E-state index in [2.05, 4.69) is 15.3 Å². The first-order valence-electron chi connectivity index (χ1n) is 8.84. The van der Waals surface area contributed by atoms with Gasteiger partial charge in [-0.15, -0.1) is 22.7 Å². The molecule has 0 saturated heterocycles. The van der Waals surface area contributed by atoms with Crippen LogP contribution >= 0.6 is 34.3 Å². The first-order chi connectivity index (χ1) is 14.0. The van der Waals surface area contributed by atoms with Crippen LogP contribution < -0.4 is 5.32 Å². The van der Waals surface area contributed by atoms with Crippen molar-refractivity contribution in [1.29, 1.82) is 0 Å². The number of nitrogens with one attached hydrogen (secondary N) is 1. The van der Waals surface area contributed by atoms with Gasteiger partial charge in [-0.1, -0.05) is 17.7 Å². The van der Waals surface area contributed by atoms with Crippen molar-refractivity contribution in [2.75, 3.05) is 11.9 Å². The molecule has 1 N–H and O–H groups in total. The first kappa shape index (κ1) is 19.0. The monoisotopic (exact) mass is 462 g/mol. The van der Waals surface area contributed by atoms with Crippen molar-refractivity contribution in [2.45, 2.75) is 17.2 Å². The van der Waals surface area contributed by atoms with Crippen LogP contribution in [-0.2, 0) is 23.0 Å². The van der Waals surface area contributed by atoms with Gasteiger partial charge in [0.2, 0.25) is 0 Å². The van der Waals surface area contributed by atoms with Gasteiger partial charge in [-0.3, -0.25) is 0 Å². The molecule has 10 heteroatoms. The Kier molecular flexibility index (Phi) is 4.79. The number of halogens is 1. The number of fused-ring (bicyclic) bond motifs is 3. The van der Waals surface area contributed by atoms with E-state index in [1.807, 2.05) is 24.3 Å². The Morgan fingerprint density at radius 3 is 2.72 bits per heavy atom. The molecule has 1 aromatic carbocycles. The van der Waals surface area contributed by atoms with Crippen molar-refractivity contribution < 1.29 is 8.42 Å². The zero-order valence-corrected chi connectivity index (χ0v) is 18.2. The van der Waals surface area contributed by atoms with Crippen LogP contribution in [0, 0.1) is 0 Å². The van der Waals surface area contributed by atoms with Gasteiger partial charge >= 0.3 is 0 Å². The molecule has 4 heterocycles. The summed E-state index contributed by atoms with van der Waals surface area (Å²) in [7, 11) is -3.47. The van der Waals surface area contributed by atoms with Gasteiger partial charge in [-0.05, 0) is 47.7 Å². The molecule has 5 rings (SSSR count). The van der Waals surface area contributed by atoms with Crippen LogP contribution in [0.5, 0.6) is 0 Å². The van der Waals surface area contributed by atoms with Crippen molar-refractivity contribution in [1.82, 2.24) is 14.3 Å². The smallest absolute Gasteiger partial charge is 0.252 e. The molecular formula is C19H15ClN4O2S3. The van der Waals surface area contributed by atoms with Crippen molar-refractivity contribution in [3.05, 3.63) is 63.6 Å². The lowest BCUT2D eigenvalue weighted by Crippen LogP contribution is -2.34. The molecule has 0 radical (unpaired) electrons. The average Bonchev–Trinajstić information content (AvgIpc) is 3.38. The van der Waals surface area contributed by atoms with Crippen molar-refractivity contribution in [3.63, 3.8) is 0 Å². The van der Waals surface area contributed by atoms with E-state index in [-0.39, 0.29) is 0 Å². The highest BCUT2D eigenvalue weighted by molar-refractivity contribution is 7.91. The number of nitrogens with zero attached hydrogens (tertiary/aromatic N) is 3. The zero-order valence-electron chi connectivity index (χ0n) is 15.0. The van der Waals surface area contributed by atoms with Gasteiger partial charge in [-0.25, -0.2) is 18.4 Å². The van der Waals surface area contributed by atoms with Crippen LogP contribution in [0.25, 0.3) is 10.2 Å². The summed E-state index contributed by atoms with van der Waals surface area (Å²) in [5, 5.41) is 6.76. The summed E-state index contributed by atoms with van der Waals surface area (Å²) in [6.07, 6.45) is 2.16. The fraction of sp³-hybridized carbons (Fsp3) is 0.158. The van der Waals surface area contributed by atoms with E-state index in [0.717, 1.165) is 32.2 Å². The molecule has 0 amide bonds. The lowest BCUT2D eigenvalue weighted by molar-refractivity contribution is 0.397. The van der Waals surface area contributed by atoms with Crippen molar-refractivity contribution in [2.24, 2.45) is 0 Å². The van der Waals surface area contributed by atoms with Crippen molar-refractivity contribution >= 4 is 66.0 Å². The Hall–Kier alpha value is -2.04. The van der Waals surface area contributed by atoms with Gasteiger partial charge in [0.15, 0.2) is 0 Å². The van der Waals surface area contributed by atoms with E-state index >= 15 is 0 Å². The second-order valence-corrected chi connectivity index (χ2v) is 11.2. The highest BCUT2D eigenvalue weighted by Gasteiger charge is 2.32. The summed E-state index contributed by atoms with van der Waals surface area (Å²) in [5.74, 6) is 0.726. The Morgan fingerprint density at radius 2 is 1.97 bits per heavy atom. The van der Waals surface area contributed by atoms with Crippen LogP contribution in [0.15, 0.2) is 52.3 Å². The molecule has 0 spiro atoms. The zero-order chi connectivity index (χ0) is 20.0. The highest BCUT2D eigenvalue weighted by atomic mass is 35.5. The van der Waals surface area contributed by atoms with Gasteiger partial charge in [0, 0.05) is 28.7 Å². The quantitative estimate of drug-likeness (QED) is 0.467.